The predicted molar refractivity (Wildman–Crippen MR) is 119 cm³/mol. The van der Waals surface area contributed by atoms with Crippen molar-refractivity contribution in [3.8, 4) is 5.75 Å². The number of nitrogens with zero attached hydrogens (tertiary/aromatic N) is 1. The highest BCUT2D eigenvalue weighted by Gasteiger charge is 2.25. The predicted octanol–water partition coefficient (Wildman–Crippen LogP) is 5.11. The molecule has 0 bridgehead atoms. The van der Waals surface area contributed by atoms with E-state index in [0.717, 1.165) is 56.1 Å². The molecule has 2 fully saturated rings. The van der Waals surface area contributed by atoms with Crippen LogP contribution in [0.2, 0.25) is 0 Å². The Kier molecular flexibility index (Phi) is 7.39. The molecule has 1 saturated heterocycles. The van der Waals surface area contributed by atoms with Crippen molar-refractivity contribution in [3.63, 3.8) is 0 Å². The molecule has 1 aromatic heterocycles. The summed E-state index contributed by atoms with van der Waals surface area (Å²) in [5.41, 5.74) is 0. The molecule has 1 aliphatic heterocycles. The van der Waals surface area contributed by atoms with Crippen LogP contribution in [0.3, 0.4) is 0 Å². The van der Waals surface area contributed by atoms with E-state index < -0.39 is 0 Å². The zero-order valence-corrected chi connectivity index (χ0v) is 18.2. The first-order valence-electron chi connectivity index (χ1n) is 11.2. The van der Waals surface area contributed by atoms with Crippen LogP contribution in [0.1, 0.15) is 54.6 Å². The standard InChI is InChI=1S/C24H31FN2O2S/c25-21-4-1-2-5-22(21)29-20-12-15-27(16-13-20)14-11-18-7-9-19(10-8-18)26-24(28)23-6-3-17-30-23/h1-6,17-20H,7-16H2,(H,26,28). The molecule has 30 heavy (non-hydrogen) atoms. The number of halogens is 1. The van der Waals surface area contributed by atoms with Crippen molar-refractivity contribution in [2.75, 3.05) is 19.6 Å². The normalized spacial score (nSPS) is 23.2. The first kappa shape index (κ1) is 21.3. The maximum Gasteiger partial charge on any atom is 0.261 e. The molecule has 0 radical (unpaired) electrons. The molecule has 6 heteroatoms. The van der Waals surface area contributed by atoms with Gasteiger partial charge in [0, 0.05) is 19.1 Å². The second-order valence-electron chi connectivity index (χ2n) is 8.55. The number of likely N-dealkylation sites (tertiary alicyclic amines) is 1. The van der Waals surface area contributed by atoms with Crippen LogP contribution in [0.15, 0.2) is 41.8 Å². The van der Waals surface area contributed by atoms with Crippen molar-refractivity contribution >= 4 is 17.2 Å². The van der Waals surface area contributed by atoms with E-state index in [2.05, 4.69) is 10.2 Å². The summed E-state index contributed by atoms with van der Waals surface area (Å²) in [6, 6.07) is 10.8. The van der Waals surface area contributed by atoms with Crippen molar-refractivity contribution in [2.45, 2.75) is 57.1 Å². The Morgan fingerprint density at radius 1 is 1.07 bits per heavy atom. The highest BCUT2D eigenvalue weighted by Crippen LogP contribution is 2.28. The zero-order valence-electron chi connectivity index (χ0n) is 17.4. The number of para-hydroxylation sites is 1. The summed E-state index contributed by atoms with van der Waals surface area (Å²) < 4.78 is 19.6. The molecule has 4 nitrogen and oxygen atoms in total. The van der Waals surface area contributed by atoms with Crippen LogP contribution in [0.5, 0.6) is 5.75 Å². The minimum Gasteiger partial charge on any atom is -0.487 e. The van der Waals surface area contributed by atoms with Crippen LogP contribution < -0.4 is 10.1 Å². The topological polar surface area (TPSA) is 41.6 Å². The van der Waals surface area contributed by atoms with Crippen LogP contribution in [0, 0.1) is 11.7 Å². The Labute approximate surface area is 182 Å². The van der Waals surface area contributed by atoms with Crippen molar-refractivity contribution in [2.24, 2.45) is 5.92 Å². The third-order valence-corrected chi connectivity index (χ3v) is 7.31. The fraction of sp³-hybridized carbons (Fsp3) is 0.542. The lowest BCUT2D eigenvalue weighted by Crippen LogP contribution is -2.40. The Morgan fingerprint density at radius 3 is 2.53 bits per heavy atom. The van der Waals surface area contributed by atoms with Gasteiger partial charge in [0.15, 0.2) is 11.6 Å². The summed E-state index contributed by atoms with van der Waals surface area (Å²) in [5.74, 6) is 0.933. The molecule has 4 rings (SSSR count). The van der Waals surface area contributed by atoms with Gasteiger partial charge in [-0.05, 0) is 81.0 Å². The quantitative estimate of drug-likeness (QED) is 0.664. The van der Waals surface area contributed by atoms with Crippen LogP contribution in [-0.2, 0) is 0 Å². The molecule has 1 aromatic carbocycles. The molecule has 1 N–H and O–H groups in total. The lowest BCUT2D eigenvalue weighted by molar-refractivity contribution is 0.0888. The van der Waals surface area contributed by atoms with Crippen LogP contribution in [0.4, 0.5) is 4.39 Å². The molecular formula is C24H31FN2O2S. The third kappa shape index (κ3) is 5.82. The summed E-state index contributed by atoms with van der Waals surface area (Å²) in [7, 11) is 0. The number of hydrogen-bond acceptors (Lipinski definition) is 4. The lowest BCUT2D eigenvalue weighted by Gasteiger charge is -2.34. The average molecular weight is 431 g/mol. The number of nitrogens with one attached hydrogen (secondary N) is 1. The minimum absolute atomic E-state index is 0.0777. The van der Waals surface area contributed by atoms with Gasteiger partial charge in [-0.1, -0.05) is 18.2 Å². The molecule has 162 valence electrons. The van der Waals surface area contributed by atoms with Gasteiger partial charge in [0.1, 0.15) is 6.10 Å². The highest BCUT2D eigenvalue weighted by atomic mass is 32.1. The molecule has 2 aliphatic rings. The van der Waals surface area contributed by atoms with Crippen LogP contribution in [0.25, 0.3) is 0 Å². The minimum atomic E-state index is -0.276. The Bertz CT molecular complexity index is 797. The highest BCUT2D eigenvalue weighted by molar-refractivity contribution is 7.12. The maximum atomic E-state index is 13.8. The Morgan fingerprint density at radius 2 is 1.83 bits per heavy atom. The number of hydrogen-bond donors (Lipinski definition) is 1. The monoisotopic (exact) mass is 430 g/mol. The van der Waals surface area contributed by atoms with Gasteiger partial charge in [-0.3, -0.25) is 4.79 Å². The van der Waals surface area contributed by atoms with Crippen LogP contribution in [-0.4, -0.2) is 42.6 Å². The number of carbonyl (C=O) groups excluding carboxylic acids is 1. The van der Waals surface area contributed by atoms with Crippen molar-refractivity contribution in [1.29, 1.82) is 0 Å². The first-order valence-corrected chi connectivity index (χ1v) is 12.0. The molecule has 0 spiro atoms. The third-order valence-electron chi connectivity index (χ3n) is 6.45. The number of carbonyl (C=O) groups is 1. The van der Waals surface area contributed by atoms with Gasteiger partial charge >= 0.3 is 0 Å². The van der Waals surface area contributed by atoms with Gasteiger partial charge in [0.05, 0.1) is 4.88 Å². The van der Waals surface area contributed by atoms with E-state index in [1.807, 2.05) is 23.6 Å². The molecule has 0 unspecified atom stereocenters. The molecule has 2 heterocycles. The number of amides is 1. The van der Waals surface area contributed by atoms with Gasteiger partial charge < -0.3 is 15.0 Å². The lowest BCUT2D eigenvalue weighted by atomic mass is 9.84. The van der Waals surface area contributed by atoms with Gasteiger partial charge in [0.2, 0.25) is 0 Å². The van der Waals surface area contributed by atoms with E-state index in [1.54, 1.807) is 12.1 Å². The van der Waals surface area contributed by atoms with E-state index in [-0.39, 0.29) is 17.8 Å². The summed E-state index contributed by atoms with van der Waals surface area (Å²) in [6.45, 7) is 3.17. The van der Waals surface area contributed by atoms with E-state index in [1.165, 1.54) is 36.7 Å². The molecule has 1 amide bonds. The molecule has 2 aromatic rings. The van der Waals surface area contributed by atoms with E-state index in [9.17, 15) is 9.18 Å². The number of ether oxygens (including phenoxy) is 1. The van der Waals surface area contributed by atoms with E-state index in [4.69, 9.17) is 4.74 Å². The Hall–Kier alpha value is -1.92. The van der Waals surface area contributed by atoms with E-state index >= 15 is 0 Å². The largest absolute Gasteiger partial charge is 0.487 e. The number of piperidine rings is 1. The summed E-state index contributed by atoms with van der Waals surface area (Å²) >= 11 is 1.50. The van der Waals surface area contributed by atoms with Crippen molar-refractivity contribution < 1.29 is 13.9 Å². The smallest absolute Gasteiger partial charge is 0.261 e. The van der Waals surface area contributed by atoms with Gasteiger partial charge in [-0.15, -0.1) is 11.3 Å². The average Bonchev–Trinajstić information content (AvgIpc) is 3.31. The second kappa shape index (κ2) is 10.4. The van der Waals surface area contributed by atoms with Crippen molar-refractivity contribution in [3.05, 3.63) is 52.5 Å². The fourth-order valence-electron chi connectivity index (χ4n) is 4.60. The van der Waals surface area contributed by atoms with Gasteiger partial charge in [-0.2, -0.15) is 0 Å². The molecule has 1 aliphatic carbocycles. The van der Waals surface area contributed by atoms with Crippen molar-refractivity contribution in [1.82, 2.24) is 10.2 Å². The number of rotatable bonds is 7. The number of benzene rings is 1. The summed E-state index contributed by atoms with van der Waals surface area (Å²) in [5, 5.41) is 5.14. The van der Waals surface area contributed by atoms with Crippen LogP contribution >= 0.6 is 11.3 Å². The Balaban J connectivity index is 1.11. The fourth-order valence-corrected chi connectivity index (χ4v) is 5.22. The molecule has 0 atom stereocenters. The summed E-state index contributed by atoms with van der Waals surface area (Å²) in [6.07, 6.45) is 7.81. The first-order chi connectivity index (χ1) is 14.7. The zero-order chi connectivity index (χ0) is 20.8. The van der Waals surface area contributed by atoms with E-state index in [0.29, 0.717) is 11.8 Å². The maximum absolute atomic E-state index is 13.8. The second-order valence-corrected chi connectivity index (χ2v) is 9.49. The van der Waals surface area contributed by atoms with Gasteiger partial charge in [0.25, 0.3) is 5.91 Å². The number of thiophene rings is 1. The van der Waals surface area contributed by atoms with Gasteiger partial charge in [-0.25, -0.2) is 4.39 Å². The molecular weight excluding hydrogens is 399 g/mol. The molecule has 1 saturated carbocycles. The summed E-state index contributed by atoms with van der Waals surface area (Å²) in [4.78, 5) is 15.5. The SMILES string of the molecule is O=C(NC1CCC(CCN2CCC(Oc3ccccc3F)CC2)CC1)c1cccs1.